The first kappa shape index (κ1) is 17.4. The van der Waals surface area contributed by atoms with Gasteiger partial charge in [0.2, 0.25) is 0 Å². The van der Waals surface area contributed by atoms with Crippen LogP contribution in [0.15, 0.2) is 29.3 Å². The van der Waals surface area contributed by atoms with E-state index in [1.165, 1.54) is 6.33 Å². The van der Waals surface area contributed by atoms with Crippen LogP contribution in [-0.2, 0) is 12.7 Å². The molecule has 1 saturated heterocycles. The maximum absolute atomic E-state index is 12.8. The van der Waals surface area contributed by atoms with Crippen molar-refractivity contribution < 1.29 is 13.2 Å². The van der Waals surface area contributed by atoms with E-state index in [0.717, 1.165) is 54.3 Å². The zero-order valence-electron chi connectivity index (χ0n) is 13.7. The monoisotopic (exact) mass is 353 g/mol. The Labute approximate surface area is 142 Å². The first-order valence-corrected chi connectivity index (χ1v) is 8.02. The Bertz CT molecular complexity index is 797. The molecular formula is C16H18F3N5O. The van der Waals surface area contributed by atoms with Gasteiger partial charge in [-0.1, -0.05) is 0 Å². The van der Waals surface area contributed by atoms with Crippen LogP contribution in [0.2, 0.25) is 0 Å². The molecule has 134 valence electrons. The smallest absolute Gasteiger partial charge is 0.356 e. The summed E-state index contributed by atoms with van der Waals surface area (Å²) in [6.45, 7) is 3.55. The first-order valence-electron chi connectivity index (χ1n) is 8.02. The predicted octanol–water partition coefficient (Wildman–Crippen LogP) is 2.28. The Balaban J connectivity index is 1.65. The molecule has 0 aromatic carbocycles. The molecule has 0 unspecified atom stereocenters. The molecule has 0 atom stereocenters. The second-order valence-corrected chi connectivity index (χ2v) is 6.18. The molecule has 6 nitrogen and oxygen atoms in total. The van der Waals surface area contributed by atoms with Crippen molar-refractivity contribution in [2.24, 2.45) is 5.92 Å². The number of anilines is 1. The summed E-state index contributed by atoms with van der Waals surface area (Å²) in [6, 6.07) is 3.55. The summed E-state index contributed by atoms with van der Waals surface area (Å²) in [7, 11) is 0. The third kappa shape index (κ3) is 4.15. The normalized spacial score (nSPS) is 16.2. The van der Waals surface area contributed by atoms with Crippen molar-refractivity contribution >= 4 is 5.82 Å². The van der Waals surface area contributed by atoms with Crippen molar-refractivity contribution in [1.82, 2.24) is 19.7 Å². The van der Waals surface area contributed by atoms with Crippen LogP contribution in [0.5, 0.6) is 0 Å². The molecule has 0 amide bonds. The van der Waals surface area contributed by atoms with E-state index in [1.54, 1.807) is 0 Å². The fourth-order valence-corrected chi connectivity index (χ4v) is 2.93. The van der Waals surface area contributed by atoms with Crippen molar-refractivity contribution in [2.45, 2.75) is 32.5 Å². The van der Waals surface area contributed by atoms with Crippen molar-refractivity contribution in [1.29, 1.82) is 0 Å². The number of aromatic nitrogens is 4. The van der Waals surface area contributed by atoms with Gasteiger partial charge < -0.3 is 4.90 Å². The van der Waals surface area contributed by atoms with Crippen molar-refractivity contribution in [3.05, 3.63) is 46.3 Å². The zero-order chi connectivity index (χ0) is 18.0. The van der Waals surface area contributed by atoms with Gasteiger partial charge in [0.05, 0.1) is 0 Å². The van der Waals surface area contributed by atoms with Crippen LogP contribution in [-0.4, -0.2) is 32.8 Å². The van der Waals surface area contributed by atoms with E-state index in [-0.39, 0.29) is 12.5 Å². The lowest BCUT2D eigenvalue weighted by atomic mass is 9.97. The third-order valence-electron chi connectivity index (χ3n) is 4.32. The van der Waals surface area contributed by atoms with Crippen LogP contribution in [0.25, 0.3) is 0 Å². The largest absolute Gasteiger partial charge is 0.435 e. The van der Waals surface area contributed by atoms with E-state index >= 15 is 0 Å². The van der Waals surface area contributed by atoms with Crippen LogP contribution in [0.3, 0.4) is 0 Å². The quantitative estimate of drug-likeness (QED) is 0.847. The molecule has 1 fully saturated rings. The summed E-state index contributed by atoms with van der Waals surface area (Å²) in [4.78, 5) is 22.2. The van der Waals surface area contributed by atoms with Gasteiger partial charge in [0.25, 0.3) is 5.56 Å². The summed E-state index contributed by atoms with van der Waals surface area (Å²) in [6.07, 6.45) is -1.52. The molecule has 0 aliphatic carbocycles. The molecule has 9 heteroatoms. The molecule has 2 aromatic rings. The van der Waals surface area contributed by atoms with Gasteiger partial charge in [0.15, 0.2) is 5.69 Å². The molecule has 1 aliphatic rings. The molecule has 3 heterocycles. The van der Waals surface area contributed by atoms with Crippen LogP contribution < -0.4 is 10.5 Å². The Morgan fingerprint density at radius 3 is 2.56 bits per heavy atom. The highest BCUT2D eigenvalue weighted by atomic mass is 19.4. The average molecular weight is 353 g/mol. The predicted molar refractivity (Wildman–Crippen MR) is 85.2 cm³/mol. The molecule has 0 saturated carbocycles. The standard InChI is InChI=1S/C16H18F3N5O/c1-11-8-14(21-10-20-11)23-6-4-12(5-7-23)9-24-15(25)3-2-13(22-24)16(17,18)19/h2-3,8,10,12H,4-7,9H2,1H3. The van der Waals surface area contributed by atoms with Gasteiger partial charge in [0, 0.05) is 37.5 Å². The molecular weight excluding hydrogens is 335 g/mol. The summed E-state index contributed by atoms with van der Waals surface area (Å²) in [5.74, 6) is 0.952. The minimum atomic E-state index is -4.55. The van der Waals surface area contributed by atoms with Gasteiger partial charge in [-0.3, -0.25) is 4.79 Å². The highest BCUT2D eigenvalue weighted by molar-refractivity contribution is 5.38. The number of halogens is 3. The number of piperidine rings is 1. The van der Waals surface area contributed by atoms with Gasteiger partial charge in [-0.05, 0) is 31.7 Å². The third-order valence-corrected chi connectivity index (χ3v) is 4.32. The Hall–Kier alpha value is -2.45. The maximum Gasteiger partial charge on any atom is 0.435 e. The number of hydrogen-bond donors (Lipinski definition) is 0. The van der Waals surface area contributed by atoms with Crippen LogP contribution in [0.1, 0.15) is 24.2 Å². The van der Waals surface area contributed by atoms with Crippen molar-refractivity contribution in [2.75, 3.05) is 18.0 Å². The van der Waals surface area contributed by atoms with Crippen LogP contribution in [0.4, 0.5) is 19.0 Å². The van der Waals surface area contributed by atoms with Crippen molar-refractivity contribution in [3.63, 3.8) is 0 Å². The summed E-state index contributed by atoms with van der Waals surface area (Å²) in [5, 5.41) is 3.47. The molecule has 1 aliphatic heterocycles. The minimum absolute atomic E-state index is 0.105. The molecule has 25 heavy (non-hydrogen) atoms. The average Bonchev–Trinajstić information content (AvgIpc) is 2.56. The maximum atomic E-state index is 12.8. The number of nitrogens with zero attached hydrogens (tertiary/aromatic N) is 5. The van der Waals surface area contributed by atoms with Gasteiger partial charge in [-0.2, -0.15) is 18.3 Å². The second-order valence-electron chi connectivity index (χ2n) is 6.18. The molecule has 3 rings (SSSR count). The van der Waals surface area contributed by atoms with Gasteiger partial charge in [-0.25, -0.2) is 14.6 Å². The number of aryl methyl sites for hydroxylation is 1. The number of rotatable bonds is 3. The van der Waals surface area contributed by atoms with Gasteiger partial charge in [-0.15, -0.1) is 0 Å². The fraction of sp³-hybridized carbons (Fsp3) is 0.500. The highest BCUT2D eigenvalue weighted by Gasteiger charge is 2.33. The first-order chi connectivity index (χ1) is 11.8. The van der Waals surface area contributed by atoms with Crippen LogP contribution in [0, 0.1) is 12.8 Å². The molecule has 0 spiro atoms. The second kappa shape index (κ2) is 6.81. The Kier molecular flexibility index (Phi) is 4.73. The minimum Gasteiger partial charge on any atom is -0.356 e. The lowest BCUT2D eigenvalue weighted by molar-refractivity contribution is -0.142. The van der Waals surface area contributed by atoms with E-state index in [9.17, 15) is 18.0 Å². The zero-order valence-corrected chi connectivity index (χ0v) is 13.7. The highest BCUT2D eigenvalue weighted by Crippen LogP contribution is 2.27. The summed E-state index contributed by atoms with van der Waals surface area (Å²) >= 11 is 0. The van der Waals surface area contributed by atoms with Gasteiger partial charge >= 0.3 is 6.18 Å². The Morgan fingerprint density at radius 1 is 1.20 bits per heavy atom. The summed E-state index contributed by atoms with van der Waals surface area (Å²) in [5.41, 5.74) is -0.672. The topological polar surface area (TPSA) is 63.9 Å². The van der Waals surface area contributed by atoms with E-state index in [0.29, 0.717) is 0 Å². The lowest BCUT2D eigenvalue weighted by Gasteiger charge is -2.32. The van der Waals surface area contributed by atoms with E-state index in [1.807, 2.05) is 13.0 Å². The number of hydrogen-bond acceptors (Lipinski definition) is 5. The van der Waals surface area contributed by atoms with Gasteiger partial charge in [0.1, 0.15) is 12.1 Å². The lowest BCUT2D eigenvalue weighted by Crippen LogP contribution is -2.37. The molecule has 0 bridgehead atoms. The summed E-state index contributed by atoms with van der Waals surface area (Å²) < 4.78 is 39.2. The SMILES string of the molecule is Cc1cc(N2CCC(Cn3nc(C(F)(F)F)ccc3=O)CC2)ncn1. The van der Waals surface area contributed by atoms with E-state index < -0.39 is 17.4 Å². The molecule has 0 N–H and O–H groups in total. The van der Waals surface area contributed by atoms with E-state index in [2.05, 4.69) is 20.0 Å². The van der Waals surface area contributed by atoms with E-state index in [4.69, 9.17) is 0 Å². The number of alkyl halides is 3. The van der Waals surface area contributed by atoms with Crippen molar-refractivity contribution in [3.8, 4) is 0 Å². The molecule has 0 radical (unpaired) electrons. The van der Waals surface area contributed by atoms with Crippen LogP contribution >= 0.6 is 0 Å². The Morgan fingerprint density at radius 2 is 1.92 bits per heavy atom. The fourth-order valence-electron chi connectivity index (χ4n) is 2.93. The molecule has 2 aromatic heterocycles.